The Morgan fingerprint density at radius 1 is 1.28 bits per heavy atom. The van der Waals surface area contributed by atoms with Crippen molar-refractivity contribution in [2.75, 3.05) is 13.6 Å². The van der Waals surface area contributed by atoms with Crippen LogP contribution in [0, 0.1) is 0 Å². The quantitative estimate of drug-likeness (QED) is 0.796. The predicted octanol–water partition coefficient (Wildman–Crippen LogP) is 2.53. The average molecular weight is 312 g/mol. The van der Waals surface area contributed by atoms with Gasteiger partial charge in [0.1, 0.15) is 0 Å². The number of piperidine rings is 1. The Morgan fingerprint density at radius 3 is 2.67 bits per heavy atom. The number of fused-ring (bicyclic) bond motifs is 4. The summed E-state index contributed by atoms with van der Waals surface area (Å²) in [7, 11) is 2.13. The molecule has 3 heteroatoms. The minimum absolute atomic E-state index is 0. The molecule has 18 heavy (non-hydrogen) atoms. The van der Waals surface area contributed by atoms with Crippen molar-refractivity contribution in [3.05, 3.63) is 35.4 Å². The SMILES string of the molecule is Br.CN1CC[C@@]2(C)c3ccccc3C[C@H]1[C@@]2(C)O. The lowest BCUT2D eigenvalue weighted by atomic mass is 9.56. The molecule has 1 aromatic rings. The second-order valence-electron chi connectivity index (χ2n) is 6.09. The topological polar surface area (TPSA) is 23.5 Å². The Bertz CT molecular complexity index is 460. The van der Waals surface area contributed by atoms with Gasteiger partial charge in [0.2, 0.25) is 0 Å². The van der Waals surface area contributed by atoms with Gasteiger partial charge in [0.15, 0.2) is 0 Å². The molecule has 1 aliphatic carbocycles. The highest BCUT2D eigenvalue weighted by atomic mass is 79.9. The molecular formula is C15H22BrNO. The van der Waals surface area contributed by atoms with Crippen LogP contribution < -0.4 is 0 Å². The van der Waals surface area contributed by atoms with Crippen molar-refractivity contribution >= 4 is 17.0 Å². The summed E-state index contributed by atoms with van der Waals surface area (Å²) >= 11 is 0. The van der Waals surface area contributed by atoms with E-state index in [0.29, 0.717) is 0 Å². The smallest absolute Gasteiger partial charge is 0.0871 e. The summed E-state index contributed by atoms with van der Waals surface area (Å²) in [5.74, 6) is 0. The van der Waals surface area contributed by atoms with Crippen LogP contribution in [0.25, 0.3) is 0 Å². The number of likely N-dealkylation sites (tertiary alicyclic amines) is 1. The molecule has 0 aromatic heterocycles. The van der Waals surface area contributed by atoms with Crippen LogP contribution in [0.15, 0.2) is 24.3 Å². The van der Waals surface area contributed by atoms with Crippen LogP contribution in [0.1, 0.15) is 31.4 Å². The molecule has 1 aliphatic heterocycles. The fourth-order valence-electron chi connectivity index (χ4n) is 3.81. The summed E-state index contributed by atoms with van der Waals surface area (Å²) in [4.78, 5) is 2.32. The summed E-state index contributed by atoms with van der Waals surface area (Å²) in [6, 6.07) is 8.87. The van der Waals surface area contributed by atoms with Crippen molar-refractivity contribution in [1.82, 2.24) is 4.90 Å². The molecule has 1 saturated heterocycles. The lowest BCUT2D eigenvalue weighted by Crippen LogP contribution is -2.68. The molecule has 3 atom stereocenters. The lowest BCUT2D eigenvalue weighted by Gasteiger charge is -2.58. The van der Waals surface area contributed by atoms with E-state index in [2.05, 4.69) is 43.1 Å². The minimum Gasteiger partial charge on any atom is -0.388 e. The third-order valence-corrected chi connectivity index (χ3v) is 5.29. The van der Waals surface area contributed by atoms with Crippen molar-refractivity contribution in [3.63, 3.8) is 0 Å². The van der Waals surface area contributed by atoms with E-state index in [0.717, 1.165) is 19.4 Å². The van der Waals surface area contributed by atoms with Crippen LogP contribution >= 0.6 is 17.0 Å². The Balaban J connectivity index is 0.00000120. The molecule has 1 N–H and O–H groups in total. The van der Waals surface area contributed by atoms with Gasteiger partial charge in [0.25, 0.3) is 0 Å². The molecule has 2 aliphatic rings. The summed E-state index contributed by atoms with van der Waals surface area (Å²) in [5.41, 5.74) is 2.04. The van der Waals surface area contributed by atoms with Crippen LogP contribution in [-0.2, 0) is 11.8 Å². The maximum absolute atomic E-state index is 11.0. The zero-order chi connectivity index (χ0) is 12.3. The molecule has 0 unspecified atom stereocenters. The molecule has 0 amide bonds. The fourth-order valence-corrected chi connectivity index (χ4v) is 3.81. The van der Waals surface area contributed by atoms with E-state index in [1.54, 1.807) is 0 Å². The van der Waals surface area contributed by atoms with E-state index < -0.39 is 5.60 Å². The van der Waals surface area contributed by atoms with Crippen LogP contribution in [0.2, 0.25) is 0 Å². The van der Waals surface area contributed by atoms with Gasteiger partial charge in [-0.3, -0.25) is 0 Å². The minimum atomic E-state index is -0.631. The zero-order valence-electron chi connectivity index (χ0n) is 11.3. The Hall–Kier alpha value is -0.380. The molecule has 0 radical (unpaired) electrons. The van der Waals surface area contributed by atoms with Crippen molar-refractivity contribution in [2.45, 2.75) is 43.7 Å². The molecule has 2 nitrogen and oxygen atoms in total. The van der Waals surface area contributed by atoms with E-state index in [-0.39, 0.29) is 28.4 Å². The van der Waals surface area contributed by atoms with Gasteiger partial charge in [-0.05, 0) is 44.5 Å². The van der Waals surface area contributed by atoms with Crippen LogP contribution in [-0.4, -0.2) is 35.2 Å². The second kappa shape index (κ2) is 4.32. The van der Waals surface area contributed by atoms with Gasteiger partial charge in [0, 0.05) is 11.5 Å². The van der Waals surface area contributed by atoms with Gasteiger partial charge in [0.05, 0.1) is 5.60 Å². The molecule has 1 aromatic carbocycles. The third kappa shape index (κ3) is 1.60. The molecule has 2 bridgehead atoms. The van der Waals surface area contributed by atoms with E-state index in [9.17, 15) is 5.11 Å². The van der Waals surface area contributed by atoms with Gasteiger partial charge < -0.3 is 10.0 Å². The summed E-state index contributed by atoms with van der Waals surface area (Å²) < 4.78 is 0. The molecule has 3 rings (SSSR count). The van der Waals surface area contributed by atoms with Gasteiger partial charge >= 0.3 is 0 Å². The number of rotatable bonds is 0. The lowest BCUT2D eigenvalue weighted by molar-refractivity contribution is -0.121. The van der Waals surface area contributed by atoms with Gasteiger partial charge in [-0.15, -0.1) is 17.0 Å². The Kier molecular flexibility index (Phi) is 3.37. The number of nitrogens with zero attached hydrogens (tertiary/aromatic N) is 1. The standard InChI is InChI=1S/C15H21NO.BrH/c1-14-8-9-16(3)13(15(14,2)17)10-11-6-4-5-7-12(11)14;/h4-7,13,17H,8-10H2,1-3H3;1H/t13-,14-,15+;/m0./s1. The maximum atomic E-state index is 11.0. The molecule has 1 fully saturated rings. The highest BCUT2D eigenvalue weighted by Crippen LogP contribution is 2.50. The first-order valence-corrected chi connectivity index (χ1v) is 6.48. The second-order valence-corrected chi connectivity index (χ2v) is 6.09. The number of halogens is 1. The highest BCUT2D eigenvalue weighted by molar-refractivity contribution is 8.93. The third-order valence-electron chi connectivity index (χ3n) is 5.29. The van der Waals surface area contributed by atoms with Crippen LogP contribution in [0.3, 0.4) is 0 Å². The van der Waals surface area contributed by atoms with E-state index in [1.807, 2.05) is 6.92 Å². The first-order chi connectivity index (χ1) is 7.97. The first kappa shape index (κ1) is 14.0. The average Bonchev–Trinajstić information content (AvgIpc) is 2.29. The zero-order valence-corrected chi connectivity index (χ0v) is 13.0. The molecule has 100 valence electrons. The summed E-state index contributed by atoms with van der Waals surface area (Å²) in [5, 5.41) is 11.0. The van der Waals surface area contributed by atoms with E-state index in [4.69, 9.17) is 0 Å². The molecular weight excluding hydrogens is 290 g/mol. The van der Waals surface area contributed by atoms with Gasteiger partial charge in [-0.1, -0.05) is 31.2 Å². The van der Waals surface area contributed by atoms with Crippen molar-refractivity contribution < 1.29 is 5.11 Å². The Labute approximate surface area is 120 Å². The monoisotopic (exact) mass is 311 g/mol. The molecule has 1 heterocycles. The van der Waals surface area contributed by atoms with Crippen molar-refractivity contribution in [3.8, 4) is 0 Å². The van der Waals surface area contributed by atoms with Gasteiger partial charge in [-0.2, -0.15) is 0 Å². The van der Waals surface area contributed by atoms with E-state index >= 15 is 0 Å². The highest BCUT2D eigenvalue weighted by Gasteiger charge is 2.56. The molecule has 0 saturated carbocycles. The molecule has 0 spiro atoms. The summed E-state index contributed by atoms with van der Waals surface area (Å²) in [6.07, 6.45) is 2.00. The Morgan fingerprint density at radius 2 is 1.94 bits per heavy atom. The number of hydrogen-bond acceptors (Lipinski definition) is 2. The van der Waals surface area contributed by atoms with Crippen molar-refractivity contribution in [1.29, 1.82) is 0 Å². The number of aliphatic hydroxyl groups is 1. The largest absolute Gasteiger partial charge is 0.388 e. The normalized spacial score (nSPS) is 38.8. The van der Waals surface area contributed by atoms with Crippen molar-refractivity contribution in [2.24, 2.45) is 0 Å². The fraction of sp³-hybridized carbons (Fsp3) is 0.600. The van der Waals surface area contributed by atoms with Crippen LogP contribution in [0.5, 0.6) is 0 Å². The predicted molar refractivity (Wildman–Crippen MR) is 79.5 cm³/mol. The van der Waals surface area contributed by atoms with Gasteiger partial charge in [-0.25, -0.2) is 0 Å². The van der Waals surface area contributed by atoms with Crippen LogP contribution in [0.4, 0.5) is 0 Å². The number of likely N-dealkylation sites (N-methyl/N-ethyl adjacent to an activating group) is 1. The van der Waals surface area contributed by atoms with E-state index in [1.165, 1.54) is 11.1 Å². The maximum Gasteiger partial charge on any atom is 0.0871 e. The first-order valence-electron chi connectivity index (χ1n) is 6.48. The number of hydrogen-bond donors (Lipinski definition) is 1. The summed E-state index contributed by atoms with van der Waals surface area (Å²) in [6.45, 7) is 5.32. The number of benzene rings is 1.